The fourth-order valence-corrected chi connectivity index (χ4v) is 1.76. The van der Waals surface area contributed by atoms with Gasteiger partial charge in [-0.25, -0.2) is 0 Å². The monoisotopic (exact) mass is 174 g/mol. The van der Waals surface area contributed by atoms with Crippen LogP contribution in [0.2, 0.25) is 0 Å². The zero-order chi connectivity index (χ0) is 8.43. The van der Waals surface area contributed by atoms with E-state index in [2.05, 4.69) is 6.92 Å². The van der Waals surface area contributed by atoms with Gasteiger partial charge in [-0.3, -0.25) is 9.59 Å². The van der Waals surface area contributed by atoms with Gasteiger partial charge in [0.05, 0.1) is 0 Å². The van der Waals surface area contributed by atoms with Crippen molar-refractivity contribution < 1.29 is 9.59 Å². The molecule has 62 valence electrons. The van der Waals surface area contributed by atoms with Gasteiger partial charge in [0.2, 0.25) is 5.78 Å². The molecule has 0 aliphatic heterocycles. The van der Waals surface area contributed by atoms with Crippen LogP contribution >= 0.6 is 11.6 Å². The largest absolute Gasteiger partial charge is 0.289 e. The number of carbonyl (C=O) groups is 2. The molecule has 0 radical (unpaired) electrons. The third kappa shape index (κ3) is 2.03. The molecule has 1 aliphatic carbocycles. The van der Waals surface area contributed by atoms with Crippen molar-refractivity contribution >= 4 is 22.6 Å². The molecule has 1 saturated carbocycles. The van der Waals surface area contributed by atoms with Gasteiger partial charge in [0.1, 0.15) is 0 Å². The third-order valence-corrected chi connectivity index (χ3v) is 2.45. The first kappa shape index (κ1) is 8.72. The molecule has 0 aromatic heterocycles. The number of rotatable bonds is 2. The van der Waals surface area contributed by atoms with E-state index in [1.165, 1.54) is 0 Å². The summed E-state index contributed by atoms with van der Waals surface area (Å²) in [5.41, 5.74) is 0. The summed E-state index contributed by atoms with van der Waals surface area (Å²) in [6.45, 7) is 2.09. The average molecular weight is 175 g/mol. The molecule has 0 saturated heterocycles. The van der Waals surface area contributed by atoms with Gasteiger partial charge < -0.3 is 0 Å². The number of halogens is 1. The second kappa shape index (κ2) is 3.35. The van der Waals surface area contributed by atoms with Gasteiger partial charge in [-0.05, 0) is 36.8 Å². The Morgan fingerprint density at radius 2 is 2.00 bits per heavy atom. The normalized spacial score (nSPS) is 30.4. The van der Waals surface area contributed by atoms with Crippen LogP contribution in [-0.2, 0) is 9.59 Å². The summed E-state index contributed by atoms with van der Waals surface area (Å²) in [4.78, 5) is 21.5. The summed E-state index contributed by atoms with van der Waals surface area (Å²) in [6, 6.07) is 0. The molecule has 0 amide bonds. The van der Waals surface area contributed by atoms with Crippen molar-refractivity contribution in [3.63, 3.8) is 0 Å². The number of carbonyl (C=O) groups excluding carboxylic acids is 2. The maximum atomic E-state index is 11.0. The minimum Gasteiger partial charge on any atom is -0.289 e. The fraction of sp³-hybridized carbons (Fsp3) is 0.750. The lowest BCUT2D eigenvalue weighted by Crippen LogP contribution is -2.17. The molecule has 1 fully saturated rings. The second-order valence-electron chi connectivity index (χ2n) is 3.25. The van der Waals surface area contributed by atoms with Crippen molar-refractivity contribution in [3.8, 4) is 0 Å². The van der Waals surface area contributed by atoms with E-state index >= 15 is 0 Å². The quantitative estimate of drug-likeness (QED) is 0.472. The molecule has 0 aromatic rings. The number of Topliss-reactive ketones (excluding diaryl/α,β-unsaturated/α-hetero) is 1. The van der Waals surface area contributed by atoms with Crippen molar-refractivity contribution in [1.82, 2.24) is 0 Å². The minimum atomic E-state index is -0.802. The fourth-order valence-electron chi connectivity index (χ4n) is 1.61. The Balaban J connectivity index is 2.50. The Morgan fingerprint density at radius 1 is 1.36 bits per heavy atom. The van der Waals surface area contributed by atoms with E-state index in [4.69, 9.17) is 11.6 Å². The standard InChI is InChI=1S/C8H11ClO2/c1-5-2-3-6(4-5)7(10)8(9)11/h5-6H,2-4H2,1H3. The lowest BCUT2D eigenvalue weighted by molar-refractivity contribution is -0.134. The highest BCUT2D eigenvalue weighted by Gasteiger charge is 2.30. The number of ketones is 1. The summed E-state index contributed by atoms with van der Waals surface area (Å²) in [5.74, 6) is 0.0889. The Hall–Kier alpha value is -0.370. The van der Waals surface area contributed by atoms with Crippen molar-refractivity contribution in [3.05, 3.63) is 0 Å². The summed E-state index contributed by atoms with van der Waals surface area (Å²) < 4.78 is 0. The highest BCUT2D eigenvalue weighted by atomic mass is 35.5. The lowest BCUT2D eigenvalue weighted by Gasteiger charge is -2.02. The van der Waals surface area contributed by atoms with E-state index in [0.717, 1.165) is 19.3 Å². The van der Waals surface area contributed by atoms with Crippen LogP contribution < -0.4 is 0 Å². The van der Waals surface area contributed by atoms with Gasteiger partial charge in [-0.2, -0.15) is 0 Å². The number of hydrogen-bond acceptors (Lipinski definition) is 2. The van der Waals surface area contributed by atoms with Gasteiger partial charge in [0.25, 0.3) is 5.24 Å². The molecule has 0 bridgehead atoms. The van der Waals surface area contributed by atoms with Crippen molar-refractivity contribution in [1.29, 1.82) is 0 Å². The van der Waals surface area contributed by atoms with Gasteiger partial charge in [0, 0.05) is 5.92 Å². The Morgan fingerprint density at radius 3 is 2.36 bits per heavy atom. The first-order valence-electron chi connectivity index (χ1n) is 3.85. The molecular weight excluding hydrogens is 164 g/mol. The van der Waals surface area contributed by atoms with Crippen LogP contribution in [-0.4, -0.2) is 11.0 Å². The Kier molecular flexibility index (Phi) is 2.66. The van der Waals surface area contributed by atoms with E-state index in [-0.39, 0.29) is 5.92 Å². The predicted molar refractivity (Wildman–Crippen MR) is 42.4 cm³/mol. The van der Waals surface area contributed by atoms with Crippen molar-refractivity contribution in [2.45, 2.75) is 26.2 Å². The first-order valence-corrected chi connectivity index (χ1v) is 4.22. The summed E-state index contributed by atoms with van der Waals surface area (Å²) >= 11 is 5.07. The van der Waals surface area contributed by atoms with Crippen LogP contribution in [0, 0.1) is 11.8 Å². The van der Waals surface area contributed by atoms with E-state index in [0.29, 0.717) is 5.92 Å². The molecule has 0 heterocycles. The molecule has 1 rings (SSSR count). The van der Waals surface area contributed by atoms with E-state index in [1.807, 2.05) is 0 Å². The van der Waals surface area contributed by atoms with E-state index in [1.54, 1.807) is 0 Å². The van der Waals surface area contributed by atoms with Gasteiger partial charge in [0.15, 0.2) is 0 Å². The topological polar surface area (TPSA) is 34.1 Å². The van der Waals surface area contributed by atoms with Crippen LogP contribution in [0.4, 0.5) is 0 Å². The maximum Gasteiger partial charge on any atom is 0.288 e. The molecule has 2 unspecified atom stereocenters. The highest BCUT2D eigenvalue weighted by Crippen LogP contribution is 2.31. The predicted octanol–water partition coefficient (Wildman–Crippen LogP) is 1.76. The Bertz CT molecular complexity index is 189. The maximum absolute atomic E-state index is 11.0. The van der Waals surface area contributed by atoms with Crippen LogP contribution in [0.5, 0.6) is 0 Å². The van der Waals surface area contributed by atoms with Crippen LogP contribution in [0.3, 0.4) is 0 Å². The zero-order valence-corrected chi connectivity index (χ0v) is 7.23. The summed E-state index contributed by atoms with van der Waals surface area (Å²) in [5, 5.41) is -0.802. The lowest BCUT2D eigenvalue weighted by atomic mass is 10.0. The molecule has 2 atom stereocenters. The smallest absolute Gasteiger partial charge is 0.288 e. The van der Waals surface area contributed by atoms with Gasteiger partial charge in [-0.1, -0.05) is 6.92 Å². The average Bonchev–Trinajstić information content (AvgIpc) is 2.34. The summed E-state index contributed by atoms with van der Waals surface area (Å²) in [7, 11) is 0. The van der Waals surface area contributed by atoms with Crippen molar-refractivity contribution in [2.75, 3.05) is 0 Å². The number of hydrogen-bond donors (Lipinski definition) is 0. The van der Waals surface area contributed by atoms with Crippen molar-refractivity contribution in [2.24, 2.45) is 11.8 Å². The molecule has 11 heavy (non-hydrogen) atoms. The SMILES string of the molecule is CC1CCC(C(=O)C(=O)Cl)C1. The molecule has 0 aromatic carbocycles. The van der Waals surface area contributed by atoms with Crippen LogP contribution in [0.1, 0.15) is 26.2 Å². The first-order chi connectivity index (χ1) is 5.11. The van der Waals surface area contributed by atoms with E-state index < -0.39 is 11.0 Å². The molecule has 0 spiro atoms. The molecule has 3 heteroatoms. The van der Waals surface area contributed by atoms with Crippen LogP contribution in [0.15, 0.2) is 0 Å². The Labute approximate surface area is 70.9 Å². The molecule has 1 aliphatic rings. The molecule has 0 N–H and O–H groups in total. The van der Waals surface area contributed by atoms with Gasteiger partial charge in [-0.15, -0.1) is 0 Å². The van der Waals surface area contributed by atoms with Crippen LogP contribution in [0.25, 0.3) is 0 Å². The van der Waals surface area contributed by atoms with E-state index in [9.17, 15) is 9.59 Å². The minimum absolute atomic E-state index is 0.0880. The molecular formula is C8H11ClO2. The molecule has 2 nitrogen and oxygen atoms in total. The third-order valence-electron chi connectivity index (χ3n) is 2.26. The highest BCUT2D eigenvalue weighted by molar-refractivity contribution is 6.81. The van der Waals surface area contributed by atoms with Gasteiger partial charge >= 0.3 is 0 Å². The second-order valence-corrected chi connectivity index (χ2v) is 3.60. The summed E-state index contributed by atoms with van der Waals surface area (Å²) in [6.07, 6.45) is 2.70. The zero-order valence-electron chi connectivity index (χ0n) is 6.47.